The molecule has 118 valence electrons. The molecule has 2 atom stereocenters. The average Bonchev–Trinajstić information content (AvgIpc) is 2.85. The predicted octanol–water partition coefficient (Wildman–Crippen LogP) is 2.80. The minimum Gasteiger partial charge on any atom is -0.374 e. The Balaban J connectivity index is 2.22. The van der Waals surface area contributed by atoms with Gasteiger partial charge in [0.2, 0.25) is 0 Å². The molecule has 3 nitrogen and oxygen atoms in total. The molecule has 1 heterocycles. The fraction of sp³-hybridized carbons (Fsp3) is 0.647. The van der Waals surface area contributed by atoms with Crippen LogP contribution >= 0.6 is 0 Å². The summed E-state index contributed by atoms with van der Waals surface area (Å²) in [6, 6.07) is 3.81. The summed E-state index contributed by atoms with van der Waals surface area (Å²) in [6.45, 7) is 7.27. The van der Waals surface area contributed by atoms with Gasteiger partial charge < -0.3 is 15.1 Å². The third-order valence-corrected chi connectivity index (χ3v) is 4.64. The molecule has 2 rings (SSSR count). The van der Waals surface area contributed by atoms with Crippen LogP contribution in [0.15, 0.2) is 12.1 Å². The number of benzene rings is 1. The highest BCUT2D eigenvalue weighted by atomic mass is 19.1. The number of nitrogens with one attached hydrogen (secondary N) is 1. The van der Waals surface area contributed by atoms with Gasteiger partial charge in [0.15, 0.2) is 0 Å². The van der Waals surface area contributed by atoms with Crippen molar-refractivity contribution in [1.82, 2.24) is 10.2 Å². The summed E-state index contributed by atoms with van der Waals surface area (Å²) in [5.41, 5.74) is 2.90. The highest BCUT2D eigenvalue weighted by molar-refractivity contribution is 5.56. The zero-order valence-electron chi connectivity index (χ0n) is 13.9. The lowest BCUT2D eigenvalue weighted by Crippen LogP contribution is -2.29. The molecule has 0 amide bonds. The predicted molar refractivity (Wildman–Crippen MR) is 87.5 cm³/mol. The van der Waals surface area contributed by atoms with Crippen LogP contribution in [0.2, 0.25) is 0 Å². The van der Waals surface area contributed by atoms with Crippen LogP contribution in [0.3, 0.4) is 0 Å². The van der Waals surface area contributed by atoms with Gasteiger partial charge in [-0.1, -0.05) is 0 Å². The van der Waals surface area contributed by atoms with Crippen LogP contribution in [0.1, 0.15) is 30.5 Å². The smallest absolute Gasteiger partial charge is 0.126 e. The van der Waals surface area contributed by atoms with Crippen LogP contribution in [-0.4, -0.2) is 45.7 Å². The number of aryl methyl sites for hydroxylation is 1. The van der Waals surface area contributed by atoms with Crippen LogP contribution in [0.25, 0.3) is 0 Å². The molecule has 1 aromatic rings. The van der Waals surface area contributed by atoms with Gasteiger partial charge in [-0.25, -0.2) is 4.39 Å². The number of likely N-dealkylation sites (tertiary alicyclic amines) is 1. The van der Waals surface area contributed by atoms with Crippen molar-refractivity contribution in [1.29, 1.82) is 0 Å². The lowest BCUT2D eigenvalue weighted by atomic mass is 10.0. The maximum absolute atomic E-state index is 13.9. The molecule has 1 aromatic carbocycles. The quantitative estimate of drug-likeness (QED) is 0.900. The number of anilines is 1. The number of hydrogen-bond donors (Lipinski definition) is 1. The first-order valence-electron chi connectivity index (χ1n) is 7.79. The molecule has 0 saturated carbocycles. The van der Waals surface area contributed by atoms with Crippen molar-refractivity contribution in [2.45, 2.75) is 26.3 Å². The van der Waals surface area contributed by atoms with E-state index in [-0.39, 0.29) is 11.9 Å². The second-order valence-electron chi connectivity index (χ2n) is 6.47. The molecule has 0 spiro atoms. The van der Waals surface area contributed by atoms with Gasteiger partial charge in [-0.3, -0.25) is 0 Å². The average molecular weight is 293 g/mol. The van der Waals surface area contributed by atoms with E-state index in [9.17, 15) is 4.39 Å². The number of rotatable bonds is 5. The van der Waals surface area contributed by atoms with E-state index in [1.165, 1.54) is 13.0 Å². The number of nitrogens with zero attached hydrogens (tertiary/aromatic N) is 2. The first-order valence-corrected chi connectivity index (χ1v) is 7.79. The number of halogens is 1. The van der Waals surface area contributed by atoms with Crippen molar-refractivity contribution in [3.8, 4) is 0 Å². The monoisotopic (exact) mass is 293 g/mol. The Morgan fingerprint density at radius 1 is 1.48 bits per heavy atom. The van der Waals surface area contributed by atoms with Crippen LogP contribution in [0.5, 0.6) is 0 Å². The molecule has 21 heavy (non-hydrogen) atoms. The van der Waals surface area contributed by atoms with E-state index >= 15 is 0 Å². The van der Waals surface area contributed by atoms with Crippen LogP contribution in [0.4, 0.5) is 10.1 Å². The van der Waals surface area contributed by atoms with E-state index in [0.29, 0.717) is 11.5 Å². The third-order valence-electron chi connectivity index (χ3n) is 4.64. The largest absolute Gasteiger partial charge is 0.374 e. The van der Waals surface area contributed by atoms with Gasteiger partial charge in [-0.05, 0) is 70.1 Å². The van der Waals surface area contributed by atoms with E-state index < -0.39 is 0 Å². The molecule has 1 aliphatic heterocycles. The van der Waals surface area contributed by atoms with Crippen molar-refractivity contribution >= 4 is 5.69 Å². The maximum atomic E-state index is 13.9. The molecule has 1 fully saturated rings. The van der Waals surface area contributed by atoms with E-state index in [1.807, 2.05) is 20.0 Å². The molecule has 1 N–H and O–H groups in total. The standard InChI is InChI=1S/C17H28FN3/c1-12-8-17(15(9-16(12)18)13(2)19-3)21(5)11-14-6-7-20(4)10-14/h8-9,13-14,19H,6-7,10-11H2,1-5H3. The highest BCUT2D eigenvalue weighted by Crippen LogP contribution is 2.30. The molecular weight excluding hydrogens is 265 g/mol. The summed E-state index contributed by atoms with van der Waals surface area (Å²) in [6.07, 6.45) is 1.25. The summed E-state index contributed by atoms with van der Waals surface area (Å²) in [5, 5.41) is 3.22. The summed E-state index contributed by atoms with van der Waals surface area (Å²) < 4.78 is 13.9. The van der Waals surface area contributed by atoms with Crippen molar-refractivity contribution in [2.24, 2.45) is 5.92 Å². The Morgan fingerprint density at radius 3 is 2.76 bits per heavy atom. The van der Waals surface area contributed by atoms with Crippen molar-refractivity contribution in [3.63, 3.8) is 0 Å². The fourth-order valence-electron chi connectivity index (χ4n) is 3.18. The minimum atomic E-state index is -0.121. The van der Waals surface area contributed by atoms with Crippen LogP contribution in [-0.2, 0) is 0 Å². The minimum absolute atomic E-state index is 0.121. The summed E-state index contributed by atoms with van der Waals surface area (Å²) in [7, 11) is 6.21. The fourth-order valence-corrected chi connectivity index (χ4v) is 3.18. The zero-order chi connectivity index (χ0) is 15.6. The second-order valence-corrected chi connectivity index (χ2v) is 6.47. The van der Waals surface area contributed by atoms with E-state index in [0.717, 1.165) is 24.3 Å². The Kier molecular flexibility index (Phi) is 5.22. The lowest BCUT2D eigenvalue weighted by Gasteiger charge is -2.28. The third kappa shape index (κ3) is 3.74. The van der Waals surface area contributed by atoms with E-state index in [2.05, 4.69) is 36.1 Å². The summed E-state index contributed by atoms with van der Waals surface area (Å²) in [4.78, 5) is 4.67. The van der Waals surface area contributed by atoms with Gasteiger partial charge in [-0.15, -0.1) is 0 Å². The first kappa shape index (κ1) is 16.2. The van der Waals surface area contributed by atoms with Crippen molar-refractivity contribution in [2.75, 3.05) is 45.7 Å². The molecule has 2 unspecified atom stereocenters. The van der Waals surface area contributed by atoms with Gasteiger partial charge in [0.05, 0.1) is 0 Å². The van der Waals surface area contributed by atoms with Gasteiger partial charge in [-0.2, -0.15) is 0 Å². The highest BCUT2D eigenvalue weighted by Gasteiger charge is 2.23. The molecular formula is C17H28FN3. The van der Waals surface area contributed by atoms with Gasteiger partial charge in [0.25, 0.3) is 0 Å². The Bertz CT molecular complexity index is 489. The molecule has 0 radical (unpaired) electrons. The van der Waals surface area contributed by atoms with Crippen LogP contribution < -0.4 is 10.2 Å². The Morgan fingerprint density at radius 2 is 2.19 bits per heavy atom. The summed E-state index contributed by atoms with van der Waals surface area (Å²) >= 11 is 0. The molecule has 0 aliphatic carbocycles. The van der Waals surface area contributed by atoms with Crippen LogP contribution in [0, 0.1) is 18.7 Å². The van der Waals surface area contributed by atoms with Gasteiger partial charge >= 0.3 is 0 Å². The molecule has 1 saturated heterocycles. The SMILES string of the molecule is CNC(C)c1cc(F)c(C)cc1N(C)CC1CCN(C)C1. The number of hydrogen-bond acceptors (Lipinski definition) is 3. The zero-order valence-corrected chi connectivity index (χ0v) is 13.9. The van der Waals surface area contributed by atoms with Gasteiger partial charge in [0, 0.05) is 31.9 Å². The van der Waals surface area contributed by atoms with Gasteiger partial charge in [0.1, 0.15) is 5.82 Å². The molecule has 0 bridgehead atoms. The van der Waals surface area contributed by atoms with E-state index in [1.54, 1.807) is 6.07 Å². The molecule has 1 aliphatic rings. The first-order chi connectivity index (χ1) is 9.92. The Labute approximate surface area is 128 Å². The maximum Gasteiger partial charge on any atom is 0.126 e. The van der Waals surface area contributed by atoms with E-state index in [4.69, 9.17) is 0 Å². The summed E-state index contributed by atoms with van der Waals surface area (Å²) in [5.74, 6) is 0.577. The van der Waals surface area contributed by atoms with Crippen molar-refractivity contribution in [3.05, 3.63) is 29.1 Å². The topological polar surface area (TPSA) is 18.5 Å². The lowest BCUT2D eigenvalue weighted by molar-refractivity contribution is 0.395. The van der Waals surface area contributed by atoms with Crippen molar-refractivity contribution < 1.29 is 4.39 Å². The molecule has 0 aromatic heterocycles. The second kappa shape index (κ2) is 6.75. The normalized spacial score (nSPS) is 20.8. The Hall–Kier alpha value is -1.13. The molecule has 4 heteroatoms.